The fraction of sp³-hybridized carbons (Fsp3) is 0. The standard InChI is InChI=1S/C20H13N2/c1-2-8-17-14-18(13-12-15(17)6-1)21-22-20-11-5-9-16-7-3-4-10-19(16)20/h1-13H/b22-21+. The minimum absolute atomic E-state index is 0.742. The summed E-state index contributed by atoms with van der Waals surface area (Å²) < 4.78 is 0. The zero-order valence-electron chi connectivity index (χ0n) is 11.9. The summed E-state index contributed by atoms with van der Waals surface area (Å²) in [6.07, 6.45) is 0. The Labute approximate surface area is 128 Å². The molecule has 22 heavy (non-hydrogen) atoms. The summed E-state index contributed by atoms with van der Waals surface area (Å²) in [5, 5.41) is 13.2. The molecule has 0 atom stereocenters. The zero-order valence-corrected chi connectivity index (χ0v) is 11.9. The van der Waals surface area contributed by atoms with Crippen molar-refractivity contribution >= 4 is 32.9 Å². The van der Waals surface area contributed by atoms with Crippen molar-refractivity contribution in [3.8, 4) is 0 Å². The van der Waals surface area contributed by atoms with Gasteiger partial charge in [0.05, 0.1) is 11.4 Å². The fourth-order valence-corrected chi connectivity index (χ4v) is 2.57. The van der Waals surface area contributed by atoms with E-state index in [1.165, 1.54) is 5.39 Å². The van der Waals surface area contributed by atoms with E-state index in [0.29, 0.717) is 0 Å². The van der Waals surface area contributed by atoms with Gasteiger partial charge in [-0.3, -0.25) is 0 Å². The van der Waals surface area contributed by atoms with E-state index in [0.717, 1.165) is 27.5 Å². The molecular weight excluding hydrogens is 268 g/mol. The number of nitrogens with zero attached hydrogens (tertiary/aromatic N) is 2. The number of hydrogen-bond acceptors (Lipinski definition) is 2. The highest BCUT2D eigenvalue weighted by Gasteiger charge is 1.99. The summed E-state index contributed by atoms with van der Waals surface area (Å²) in [5.74, 6) is 0. The molecule has 2 heteroatoms. The number of benzene rings is 4. The average Bonchev–Trinajstić information content (AvgIpc) is 2.60. The van der Waals surface area contributed by atoms with E-state index >= 15 is 0 Å². The van der Waals surface area contributed by atoms with Crippen LogP contribution in [0.4, 0.5) is 11.4 Å². The van der Waals surface area contributed by atoms with E-state index in [-0.39, 0.29) is 0 Å². The summed E-state index contributed by atoms with van der Waals surface area (Å²) in [5.41, 5.74) is 1.62. The summed E-state index contributed by atoms with van der Waals surface area (Å²) in [4.78, 5) is 0. The molecule has 0 unspecified atom stereocenters. The van der Waals surface area contributed by atoms with E-state index in [4.69, 9.17) is 0 Å². The highest BCUT2D eigenvalue weighted by molar-refractivity contribution is 5.92. The molecule has 0 saturated carbocycles. The van der Waals surface area contributed by atoms with Gasteiger partial charge in [-0.05, 0) is 28.3 Å². The predicted octanol–water partition coefficient (Wildman–Crippen LogP) is 6.21. The lowest BCUT2D eigenvalue weighted by Gasteiger charge is -2.01. The number of hydrogen-bond donors (Lipinski definition) is 0. The van der Waals surface area contributed by atoms with Crippen molar-refractivity contribution in [1.82, 2.24) is 0 Å². The summed E-state index contributed by atoms with van der Waals surface area (Å²) in [6, 6.07) is 29.6. The van der Waals surface area contributed by atoms with Crippen molar-refractivity contribution in [3.63, 3.8) is 0 Å². The first-order valence-electron chi connectivity index (χ1n) is 7.21. The van der Waals surface area contributed by atoms with Crippen molar-refractivity contribution in [2.24, 2.45) is 10.2 Å². The van der Waals surface area contributed by atoms with Gasteiger partial charge in [0.1, 0.15) is 0 Å². The molecule has 0 saturated heterocycles. The minimum Gasteiger partial charge on any atom is -0.150 e. The van der Waals surface area contributed by atoms with Crippen LogP contribution in [-0.2, 0) is 0 Å². The van der Waals surface area contributed by atoms with Gasteiger partial charge in [-0.2, -0.15) is 0 Å². The van der Waals surface area contributed by atoms with Gasteiger partial charge in [-0.1, -0.05) is 66.7 Å². The summed E-state index contributed by atoms with van der Waals surface area (Å²) in [6.45, 7) is 0. The molecule has 0 aromatic heterocycles. The maximum atomic E-state index is 4.41. The molecule has 0 fully saturated rings. The molecule has 1 radical (unpaired) electrons. The highest BCUT2D eigenvalue weighted by Crippen LogP contribution is 2.28. The van der Waals surface area contributed by atoms with Crippen LogP contribution in [0.25, 0.3) is 21.5 Å². The van der Waals surface area contributed by atoms with Gasteiger partial charge in [0, 0.05) is 11.5 Å². The molecule has 4 aromatic rings. The van der Waals surface area contributed by atoms with Crippen LogP contribution in [-0.4, -0.2) is 0 Å². The summed E-state index contributed by atoms with van der Waals surface area (Å²) in [7, 11) is 0. The van der Waals surface area contributed by atoms with E-state index in [9.17, 15) is 0 Å². The maximum Gasteiger partial charge on any atom is 0.0942 e. The van der Waals surface area contributed by atoms with Gasteiger partial charge < -0.3 is 0 Å². The fourth-order valence-electron chi connectivity index (χ4n) is 2.57. The van der Waals surface area contributed by atoms with Crippen LogP contribution in [0.5, 0.6) is 0 Å². The predicted molar refractivity (Wildman–Crippen MR) is 90.9 cm³/mol. The number of fused-ring (bicyclic) bond motifs is 2. The minimum atomic E-state index is 0.742. The third-order valence-corrected chi connectivity index (χ3v) is 3.68. The summed E-state index contributed by atoms with van der Waals surface area (Å²) >= 11 is 0. The van der Waals surface area contributed by atoms with Crippen LogP contribution < -0.4 is 0 Å². The van der Waals surface area contributed by atoms with Gasteiger partial charge in [0.2, 0.25) is 0 Å². The Bertz CT molecular complexity index is 981. The lowest BCUT2D eigenvalue weighted by Crippen LogP contribution is -1.73. The topological polar surface area (TPSA) is 24.7 Å². The van der Waals surface area contributed by atoms with Crippen LogP contribution >= 0.6 is 0 Å². The molecule has 0 heterocycles. The van der Waals surface area contributed by atoms with Gasteiger partial charge in [-0.25, -0.2) is 0 Å². The molecule has 0 aliphatic rings. The average molecular weight is 281 g/mol. The monoisotopic (exact) mass is 281 g/mol. The molecule has 103 valence electrons. The van der Waals surface area contributed by atoms with Crippen molar-refractivity contribution in [2.75, 3.05) is 0 Å². The molecule has 0 aliphatic heterocycles. The smallest absolute Gasteiger partial charge is 0.0942 e. The lowest BCUT2D eigenvalue weighted by atomic mass is 10.1. The van der Waals surface area contributed by atoms with E-state index in [1.807, 2.05) is 54.6 Å². The SMILES string of the molecule is [c]1c(/N=N/c2cccc3ccccc23)ccc2ccccc12. The maximum absolute atomic E-state index is 4.41. The molecule has 0 spiro atoms. The third-order valence-electron chi connectivity index (χ3n) is 3.68. The molecule has 2 nitrogen and oxygen atoms in total. The Balaban J connectivity index is 1.75. The van der Waals surface area contributed by atoms with Crippen LogP contribution in [0, 0.1) is 6.07 Å². The van der Waals surface area contributed by atoms with Crippen molar-refractivity contribution in [3.05, 3.63) is 84.9 Å². The first-order valence-corrected chi connectivity index (χ1v) is 7.21. The Kier molecular flexibility index (Phi) is 3.13. The lowest BCUT2D eigenvalue weighted by molar-refractivity contribution is 1.24. The molecule has 4 rings (SSSR count). The molecule has 0 amide bonds. The van der Waals surface area contributed by atoms with Crippen LogP contribution in [0.1, 0.15) is 0 Å². The molecule has 4 aromatic carbocycles. The van der Waals surface area contributed by atoms with Crippen LogP contribution in [0.3, 0.4) is 0 Å². The molecule has 0 aliphatic carbocycles. The van der Waals surface area contributed by atoms with Gasteiger partial charge in [0.25, 0.3) is 0 Å². The highest BCUT2D eigenvalue weighted by atomic mass is 15.1. The molecule has 0 bridgehead atoms. The van der Waals surface area contributed by atoms with Gasteiger partial charge in [-0.15, -0.1) is 10.2 Å². The first kappa shape index (κ1) is 12.7. The molecular formula is C20H13N2. The Morgan fingerprint density at radius 1 is 0.591 bits per heavy atom. The third kappa shape index (κ3) is 2.35. The van der Waals surface area contributed by atoms with Crippen LogP contribution in [0.15, 0.2) is 89.1 Å². The largest absolute Gasteiger partial charge is 0.150 e. The number of rotatable bonds is 2. The van der Waals surface area contributed by atoms with Crippen molar-refractivity contribution in [2.45, 2.75) is 0 Å². The van der Waals surface area contributed by atoms with E-state index in [1.54, 1.807) is 0 Å². The van der Waals surface area contributed by atoms with Gasteiger partial charge >= 0.3 is 0 Å². The second-order valence-electron chi connectivity index (χ2n) is 5.13. The quantitative estimate of drug-likeness (QED) is 0.390. The van der Waals surface area contributed by atoms with Gasteiger partial charge in [0.15, 0.2) is 0 Å². The zero-order chi connectivity index (χ0) is 14.8. The van der Waals surface area contributed by atoms with Crippen LogP contribution in [0.2, 0.25) is 0 Å². The first-order chi connectivity index (χ1) is 10.9. The van der Waals surface area contributed by atoms with E-state index in [2.05, 4.69) is 40.6 Å². The van der Waals surface area contributed by atoms with E-state index < -0.39 is 0 Å². The van der Waals surface area contributed by atoms with Crippen molar-refractivity contribution < 1.29 is 0 Å². The Morgan fingerprint density at radius 3 is 2.32 bits per heavy atom. The second kappa shape index (κ2) is 5.41. The Hall–Kier alpha value is -3.00. The number of azo groups is 1. The second-order valence-corrected chi connectivity index (χ2v) is 5.13. The normalized spacial score (nSPS) is 11.5. The van der Waals surface area contributed by atoms with Crippen molar-refractivity contribution in [1.29, 1.82) is 0 Å². The Morgan fingerprint density at radius 2 is 1.36 bits per heavy atom. The molecule has 0 N–H and O–H groups in total.